The first-order chi connectivity index (χ1) is 7.13. The highest BCUT2D eigenvalue weighted by molar-refractivity contribution is 5.40. The predicted octanol–water partition coefficient (Wildman–Crippen LogP) is 2.89. The Kier molecular flexibility index (Phi) is 4.63. The lowest BCUT2D eigenvalue weighted by Gasteiger charge is -2.14. The van der Waals surface area contributed by atoms with Crippen LogP contribution >= 0.6 is 0 Å². The van der Waals surface area contributed by atoms with Crippen molar-refractivity contribution in [1.82, 2.24) is 0 Å². The Morgan fingerprint density at radius 1 is 1.13 bits per heavy atom. The van der Waals surface area contributed by atoms with Crippen molar-refractivity contribution in [3.63, 3.8) is 0 Å². The number of anilines is 1. The zero-order valence-corrected chi connectivity index (χ0v) is 9.74. The van der Waals surface area contributed by atoms with Crippen molar-refractivity contribution >= 4 is 5.69 Å². The number of nitrogen functional groups attached to an aromatic ring is 1. The monoisotopic (exact) mass is 206 g/mol. The number of benzene rings is 1. The van der Waals surface area contributed by atoms with E-state index < -0.39 is 0 Å². The van der Waals surface area contributed by atoms with E-state index in [1.165, 1.54) is 5.56 Å². The van der Waals surface area contributed by atoms with E-state index in [0.717, 1.165) is 24.9 Å². The van der Waals surface area contributed by atoms with Crippen molar-refractivity contribution in [3.8, 4) is 0 Å². The largest absolute Gasteiger partial charge is 0.399 e. The van der Waals surface area contributed by atoms with E-state index in [1.54, 1.807) is 0 Å². The van der Waals surface area contributed by atoms with Gasteiger partial charge in [-0.25, -0.2) is 0 Å². The third kappa shape index (κ3) is 3.92. The third-order valence-electron chi connectivity index (χ3n) is 3.00. The minimum Gasteiger partial charge on any atom is -0.399 e. The Morgan fingerprint density at radius 2 is 1.73 bits per heavy atom. The predicted molar refractivity (Wildman–Crippen MR) is 66.8 cm³/mol. The standard InChI is InChI=1S/C13H22N2/c1-3-12(14)7-4-10(2)11-5-8-13(15)9-6-11/h5-6,8-10,12H,3-4,7,14-15H2,1-2H3. The molecule has 0 heterocycles. The van der Waals surface area contributed by atoms with Crippen LogP contribution in [-0.2, 0) is 0 Å². The van der Waals surface area contributed by atoms with E-state index >= 15 is 0 Å². The fourth-order valence-corrected chi connectivity index (χ4v) is 1.66. The van der Waals surface area contributed by atoms with Gasteiger partial charge in [0.15, 0.2) is 0 Å². The minimum atomic E-state index is 0.348. The molecule has 0 aliphatic carbocycles. The number of hydrogen-bond donors (Lipinski definition) is 2. The van der Waals surface area contributed by atoms with Gasteiger partial charge in [-0.15, -0.1) is 0 Å². The molecule has 1 aromatic rings. The molecule has 84 valence electrons. The van der Waals surface area contributed by atoms with Gasteiger partial charge in [-0.1, -0.05) is 26.0 Å². The van der Waals surface area contributed by atoms with Crippen molar-refractivity contribution in [2.24, 2.45) is 5.73 Å². The Bertz CT molecular complexity index is 279. The van der Waals surface area contributed by atoms with Crippen LogP contribution in [0.3, 0.4) is 0 Å². The maximum atomic E-state index is 5.90. The van der Waals surface area contributed by atoms with Crippen LogP contribution in [-0.4, -0.2) is 6.04 Å². The van der Waals surface area contributed by atoms with Gasteiger partial charge in [0.25, 0.3) is 0 Å². The summed E-state index contributed by atoms with van der Waals surface area (Å²) in [6.45, 7) is 4.38. The fraction of sp³-hybridized carbons (Fsp3) is 0.538. The van der Waals surface area contributed by atoms with Crippen LogP contribution < -0.4 is 11.5 Å². The molecule has 0 bridgehead atoms. The zero-order valence-electron chi connectivity index (χ0n) is 9.74. The second kappa shape index (κ2) is 5.76. The van der Waals surface area contributed by atoms with Crippen LogP contribution in [0.15, 0.2) is 24.3 Å². The molecule has 0 amide bonds. The topological polar surface area (TPSA) is 52.0 Å². The average Bonchev–Trinajstić information content (AvgIpc) is 2.26. The van der Waals surface area contributed by atoms with Crippen molar-refractivity contribution in [3.05, 3.63) is 29.8 Å². The minimum absolute atomic E-state index is 0.348. The van der Waals surface area contributed by atoms with Crippen LogP contribution in [0, 0.1) is 0 Å². The van der Waals surface area contributed by atoms with E-state index in [2.05, 4.69) is 26.0 Å². The van der Waals surface area contributed by atoms with E-state index in [9.17, 15) is 0 Å². The van der Waals surface area contributed by atoms with E-state index in [1.807, 2.05) is 12.1 Å². The second-order valence-electron chi connectivity index (χ2n) is 4.31. The molecule has 0 aliphatic heterocycles. The molecule has 0 spiro atoms. The molecule has 2 nitrogen and oxygen atoms in total. The highest BCUT2D eigenvalue weighted by Crippen LogP contribution is 2.22. The zero-order chi connectivity index (χ0) is 11.3. The molecule has 1 rings (SSSR count). The Hall–Kier alpha value is -1.02. The molecule has 1 aromatic carbocycles. The van der Waals surface area contributed by atoms with Crippen molar-refractivity contribution in [2.75, 3.05) is 5.73 Å². The number of hydrogen-bond acceptors (Lipinski definition) is 2. The molecule has 0 radical (unpaired) electrons. The van der Waals surface area contributed by atoms with Gasteiger partial charge in [-0.2, -0.15) is 0 Å². The van der Waals surface area contributed by atoms with E-state index in [0.29, 0.717) is 12.0 Å². The van der Waals surface area contributed by atoms with Crippen LogP contribution in [0.2, 0.25) is 0 Å². The Morgan fingerprint density at radius 3 is 2.27 bits per heavy atom. The Labute approximate surface area is 92.7 Å². The van der Waals surface area contributed by atoms with Gasteiger partial charge in [0, 0.05) is 11.7 Å². The lowest BCUT2D eigenvalue weighted by Crippen LogP contribution is -2.18. The van der Waals surface area contributed by atoms with Gasteiger partial charge in [-0.3, -0.25) is 0 Å². The molecule has 0 saturated heterocycles. The highest BCUT2D eigenvalue weighted by atomic mass is 14.6. The van der Waals surface area contributed by atoms with E-state index in [-0.39, 0.29) is 0 Å². The summed E-state index contributed by atoms with van der Waals surface area (Å²) < 4.78 is 0. The first-order valence-corrected chi connectivity index (χ1v) is 5.74. The molecule has 2 heteroatoms. The van der Waals surface area contributed by atoms with Crippen LogP contribution in [0.4, 0.5) is 5.69 Å². The van der Waals surface area contributed by atoms with Gasteiger partial charge < -0.3 is 11.5 Å². The van der Waals surface area contributed by atoms with Gasteiger partial charge in [-0.05, 0) is 42.9 Å². The van der Waals surface area contributed by atoms with Gasteiger partial charge in [0.05, 0.1) is 0 Å². The van der Waals surface area contributed by atoms with Crippen LogP contribution in [0.5, 0.6) is 0 Å². The molecule has 4 N–H and O–H groups in total. The van der Waals surface area contributed by atoms with Gasteiger partial charge in [0.1, 0.15) is 0 Å². The molecule has 0 aromatic heterocycles. The summed E-state index contributed by atoms with van der Waals surface area (Å²) in [6.07, 6.45) is 3.31. The summed E-state index contributed by atoms with van der Waals surface area (Å²) in [5.74, 6) is 0.572. The maximum Gasteiger partial charge on any atom is 0.0314 e. The van der Waals surface area contributed by atoms with E-state index in [4.69, 9.17) is 11.5 Å². The molecule has 2 unspecified atom stereocenters. The number of nitrogens with two attached hydrogens (primary N) is 2. The van der Waals surface area contributed by atoms with Crippen LogP contribution in [0.1, 0.15) is 44.6 Å². The van der Waals surface area contributed by atoms with Gasteiger partial charge in [0.2, 0.25) is 0 Å². The molecule has 15 heavy (non-hydrogen) atoms. The molecule has 0 aliphatic rings. The molecule has 2 atom stereocenters. The normalized spacial score (nSPS) is 14.9. The summed E-state index contributed by atoms with van der Waals surface area (Å²) >= 11 is 0. The maximum absolute atomic E-state index is 5.90. The van der Waals surface area contributed by atoms with Crippen LogP contribution in [0.25, 0.3) is 0 Å². The summed E-state index contributed by atoms with van der Waals surface area (Å²) in [5, 5.41) is 0. The third-order valence-corrected chi connectivity index (χ3v) is 3.00. The molecule has 0 saturated carbocycles. The number of rotatable bonds is 5. The molecule has 0 fully saturated rings. The molecular weight excluding hydrogens is 184 g/mol. The quantitative estimate of drug-likeness (QED) is 0.728. The van der Waals surface area contributed by atoms with Crippen molar-refractivity contribution < 1.29 is 0 Å². The fourth-order valence-electron chi connectivity index (χ4n) is 1.66. The van der Waals surface area contributed by atoms with Crippen molar-refractivity contribution in [1.29, 1.82) is 0 Å². The SMILES string of the molecule is CCC(N)CCC(C)c1ccc(N)cc1. The average molecular weight is 206 g/mol. The summed E-state index contributed by atoms with van der Waals surface area (Å²) in [4.78, 5) is 0. The summed E-state index contributed by atoms with van der Waals surface area (Å²) in [7, 11) is 0. The lowest BCUT2D eigenvalue weighted by atomic mass is 9.94. The smallest absolute Gasteiger partial charge is 0.0314 e. The second-order valence-corrected chi connectivity index (χ2v) is 4.31. The summed E-state index contributed by atoms with van der Waals surface area (Å²) in [5.41, 5.74) is 13.7. The highest BCUT2D eigenvalue weighted by Gasteiger charge is 2.07. The van der Waals surface area contributed by atoms with Crippen molar-refractivity contribution in [2.45, 2.75) is 45.1 Å². The van der Waals surface area contributed by atoms with Gasteiger partial charge >= 0.3 is 0 Å². The summed E-state index contributed by atoms with van der Waals surface area (Å²) in [6, 6.07) is 8.49. The Balaban J connectivity index is 2.46. The first kappa shape index (κ1) is 12.1. The first-order valence-electron chi connectivity index (χ1n) is 5.74. The molecular formula is C13H22N2. The lowest BCUT2D eigenvalue weighted by molar-refractivity contribution is 0.530.